The Balaban J connectivity index is 2.32. The molecule has 80 valence electrons. The fraction of sp³-hybridized carbons (Fsp3) is 0.333. The highest BCUT2D eigenvalue weighted by Gasteiger charge is 2.14. The lowest BCUT2D eigenvalue weighted by atomic mass is 10.1. The highest BCUT2D eigenvalue weighted by Crippen LogP contribution is 2.30. The summed E-state index contributed by atoms with van der Waals surface area (Å²) in [5.41, 5.74) is 1.38. The first-order chi connectivity index (χ1) is 7.20. The first kappa shape index (κ1) is 10.9. The van der Waals surface area contributed by atoms with Crippen LogP contribution in [0.3, 0.4) is 0 Å². The van der Waals surface area contributed by atoms with Crippen LogP contribution in [-0.4, -0.2) is 7.05 Å². The maximum absolute atomic E-state index is 3.38. The van der Waals surface area contributed by atoms with E-state index in [2.05, 4.69) is 42.7 Å². The van der Waals surface area contributed by atoms with Gasteiger partial charge in [0.25, 0.3) is 0 Å². The van der Waals surface area contributed by atoms with Crippen LogP contribution in [0, 0.1) is 13.8 Å². The molecule has 0 aliphatic carbocycles. The maximum atomic E-state index is 3.38. The molecular weight excluding hydrogens is 222 g/mol. The van der Waals surface area contributed by atoms with Gasteiger partial charge < -0.3 is 5.32 Å². The van der Waals surface area contributed by atoms with Crippen LogP contribution in [0.2, 0.25) is 0 Å². The van der Waals surface area contributed by atoms with Crippen LogP contribution in [0.15, 0.2) is 23.6 Å². The number of hydrogen-bond donors (Lipinski definition) is 1. The molecule has 0 aliphatic rings. The summed E-state index contributed by atoms with van der Waals surface area (Å²) in [4.78, 5) is 4.14. The molecule has 1 nitrogen and oxygen atoms in total. The van der Waals surface area contributed by atoms with E-state index < -0.39 is 0 Å². The Bertz CT molecular complexity index is 402. The maximum Gasteiger partial charge on any atom is 0.0676 e. The van der Waals surface area contributed by atoms with Crippen LogP contribution in [-0.2, 0) is 0 Å². The normalized spacial score (nSPS) is 13.0. The Morgan fingerprint density at radius 1 is 1.20 bits per heavy atom. The van der Waals surface area contributed by atoms with E-state index in [1.54, 1.807) is 0 Å². The molecule has 15 heavy (non-hydrogen) atoms. The Morgan fingerprint density at radius 3 is 2.47 bits per heavy atom. The van der Waals surface area contributed by atoms with Crippen LogP contribution in [0.25, 0.3) is 0 Å². The predicted molar refractivity (Wildman–Crippen MR) is 69.0 cm³/mol. The molecular formula is C12H15NS2. The van der Waals surface area contributed by atoms with Gasteiger partial charge in [-0.2, -0.15) is 0 Å². The van der Waals surface area contributed by atoms with Crippen molar-refractivity contribution in [2.24, 2.45) is 0 Å². The van der Waals surface area contributed by atoms with Crippen molar-refractivity contribution in [3.05, 3.63) is 43.8 Å². The van der Waals surface area contributed by atoms with Gasteiger partial charge in [0.05, 0.1) is 6.04 Å². The molecule has 0 aromatic carbocycles. The van der Waals surface area contributed by atoms with Gasteiger partial charge in [-0.25, -0.2) is 0 Å². The van der Waals surface area contributed by atoms with Crippen LogP contribution >= 0.6 is 22.7 Å². The summed E-state index contributed by atoms with van der Waals surface area (Å²) >= 11 is 3.68. The average Bonchev–Trinajstić information content (AvgIpc) is 2.78. The Kier molecular flexibility index (Phi) is 3.24. The minimum atomic E-state index is 0.355. The van der Waals surface area contributed by atoms with Crippen LogP contribution in [0.4, 0.5) is 0 Å². The molecule has 0 fully saturated rings. The van der Waals surface area contributed by atoms with E-state index in [0.717, 1.165) is 0 Å². The topological polar surface area (TPSA) is 12.0 Å². The molecule has 0 spiro atoms. The van der Waals surface area contributed by atoms with Gasteiger partial charge in [-0.3, -0.25) is 0 Å². The van der Waals surface area contributed by atoms with Gasteiger partial charge in [0.15, 0.2) is 0 Å². The lowest BCUT2D eigenvalue weighted by Gasteiger charge is -2.12. The summed E-state index contributed by atoms with van der Waals surface area (Å²) < 4.78 is 0. The molecule has 0 amide bonds. The first-order valence-electron chi connectivity index (χ1n) is 4.99. The SMILES string of the molecule is CNC(c1csc(C)c1)c1ccc(C)s1. The summed E-state index contributed by atoms with van der Waals surface area (Å²) in [7, 11) is 2.02. The summed E-state index contributed by atoms with van der Waals surface area (Å²) in [5, 5.41) is 5.62. The van der Waals surface area contributed by atoms with Gasteiger partial charge in [-0.05, 0) is 50.0 Å². The van der Waals surface area contributed by atoms with Crippen molar-refractivity contribution in [2.75, 3.05) is 7.05 Å². The number of hydrogen-bond acceptors (Lipinski definition) is 3. The number of nitrogens with one attached hydrogen (secondary N) is 1. The van der Waals surface area contributed by atoms with Gasteiger partial charge in [0, 0.05) is 14.6 Å². The fourth-order valence-corrected chi connectivity index (χ4v) is 3.44. The average molecular weight is 237 g/mol. The van der Waals surface area contributed by atoms with Crippen molar-refractivity contribution in [2.45, 2.75) is 19.9 Å². The largest absolute Gasteiger partial charge is 0.309 e. The molecule has 2 aromatic heterocycles. The minimum Gasteiger partial charge on any atom is -0.309 e. The van der Waals surface area contributed by atoms with E-state index in [1.807, 2.05) is 29.7 Å². The molecule has 1 atom stereocenters. The third-order valence-corrected chi connectivity index (χ3v) is 4.36. The summed E-state index contributed by atoms with van der Waals surface area (Å²) in [6, 6.07) is 7.02. The third-order valence-electron chi connectivity index (χ3n) is 2.42. The number of rotatable bonds is 3. The molecule has 2 heterocycles. The first-order valence-corrected chi connectivity index (χ1v) is 6.69. The zero-order valence-corrected chi connectivity index (χ0v) is 10.8. The Labute approximate surface area is 98.8 Å². The molecule has 0 bridgehead atoms. The Morgan fingerprint density at radius 2 is 2.00 bits per heavy atom. The molecule has 1 unspecified atom stereocenters. The van der Waals surface area contributed by atoms with Crippen molar-refractivity contribution in [1.29, 1.82) is 0 Å². The van der Waals surface area contributed by atoms with Gasteiger partial charge >= 0.3 is 0 Å². The minimum absolute atomic E-state index is 0.355. The molecule has 0 aliphatic heterocycles. The van der Waals surface area contributed by atoms with Crippen LogP contribution in [0.1, 0.15) is 26.2 Å². The quantitative estimate of drug-likeness (QED) is 0.857. The molecule has 0 saturated carbocycles. The smallest absolute Gasteiger partial charge is 0.0676 e. The standard InChI is InChI=1S/C12H15NS2/c1-8-4-5-11(15-8)12(13-3)10-6-9(2)14-7-10/h4-7,12-13H,1-3H3. The zero-order chi connectivity index (χ0) is 10.8. The van der Waals surface area contributed by atoms with Crippen molar-refractivity contribution in [1.82, 2.24) is 5.32 Å². The molecule has 0 saturated heterocycles. The molecule has 2 rings (SSSR count). The van der Waals surface area contributed by atoms with E-state index in [4.69, 9.17) is 0 Å². The summed E-state index contributed by atoms with van der Waals surface area (Å²) in [6.45, 7) is 4.31. The van der Waals surface area contributed by atoms with E-state index in [9.17, 15) is 0 Å². The van der Waals surface area contributed by atoms with Gasteiger partial charge in [-0.1, -0.05) is 0 Å². The van der Waals surface area contributed by atoms with Crippen molar-refractivity contribution in [3.63, 3.8) is 0 Å². The van der Waals surface area contributed by atoms with Gasteiger partial charge in [0.2, 0.25) is 0 Å². The molecule has 0 radical (unpaired) electrons. The third kappa shape index (κ3) is 2.30. The van der Waals surface area contributed by atoms with E-state index in [0.29, 0.717) is 6.04 Å². The van der Waals surface area contributed by atoms with Crippen LogP contribution in [0.5, 0.6) is 0 Å². The summed E-state index contributed by atoms with van der Waals surface area (Å²) in [5.74, 6) is 0. The van der Waals surface area contributed by atoms with E-state index >= 15 is 0 Å². The second-order valence-electron chi connectivity index (χ2n) is 3.66. The number of aryl methyl sites for hydroxylation is 2. The number of thiophene rings is 2. The highest BCUT2D eigenvalue weighted by molar-refractivity contribution is 7.12. The van der Waals surface area contributed by atoms with Crippen molar-refractivity contribution in [3.8, 4) is 0 Å². The molecule has 3 heteroatoms. The van der Waals surface area contributed by atoms with Crippen LogP contribution < -0.4 is 5.32 Å². The van der Waals surface area contributed by atoms with Crippen molar-refractivity contribution < 1.29 is 0 Å². The molecule has 1 N–H and O–H groups in total. The van der Waals surface area contributed by atoms with E-state index in [-0.39, 0.29) is 0 Å². The van der Waals surface area contributed by atoms with Gasteiger partial charge in [-0.15, -0.1) is 22.7 Å². The second-order valence-corrected chi connectivity index (χ2v) is 6.10. The Hall–Kier alpha value is -0.640. The highest BCUT2D eigenvalue weighted by atomic mass is 32.1. The zero-order valence-electron chi connectivity index (χ0n) is 9.20. The van der Waals surface area contributed by atoms with Crippen molar-refractivity contribution >= 4 is 22.7 Å². The monoisotopic (exact) mass is 237 g/mol. The second kappa shape index (κ2) is 4.47. The van der Waals surface area contributed by atoms with E-state index in [1.165, 1.54) is 20.2 Å². The lowest BCUT2D eigenvalue weighted by molar-refractivity contribution is 0.706. The summed E-state index contributed by atoms with van der Waals surface area (Å²) in [6.07, 6.45) is 0. The predicted octanol–water partition coefficient (Wildman–Crippen LogP) is 3.74. The fourth-order valence-electron chi connectivity index (χ4n) is 1.70. The van der Waals surface area contributed by atoms with Gasteiger partial charge in [0.1, 0.15) is 0 Å². The lowest BCUT2D eigenvalue weighted by Crippen LogP contribution is -2.15. The molecule has 2 aromatic rings.